The number of aromatic nitrogens is 3. The molecule has 0 fully saturated rings. The summed E-state index contributed by atoms with van der Waals surface area (Å²) < 4.78 is 0. The van der Waals surface area contributed by atoms with Crippen LogP contribution in [0.25, 0.3) is 10.9 Å². The smallest absolute Gasteiger partial charge is 0.130 e. The molecule has 1 aromatic carbocycles. The predicted octanol–water partition coefficient (Wildman–Crippen LogP) is 2.46. The number of nitrogens with zero attached hydrogens (tertiary/aromatic N) is 4. The summed E-state index contributed by atoms with van der Waals surface area (Å²) in [5, 5.41) is 14.1. The van der Waals surface area contributed by atoms with Gasteiger partial charge in [-0.3, -0.25) is 0 Å². The van der Waals surface area contributed by atoms with Crippen LogP contribution in [0.5, 0.6) is 0 Å². The van der Waals surface area contributed by atoms with Crippen molar-refractivity contribution in [3.63, 3.8) is 0 Å². The lowest BCUT2D eigenvalue weighted by Crippen LogP contribution is -2.25. The Morgan fingerprint density at radius 3 is 2.67 bits per heavy atom. The molecule has 0 amide bonds. The molecule has 2 rings (SSSR count). The van der Waals surface area contributed by atoms with Crippen molar-refractivity contribution in [1.29, 1.82) is 0 Å². The number of hydrogen-bond acceptors (Lipinski definition) is 5. The SMILES string of the molecule is CCN(CC)CCSc1nnnc2ccccc12. The van der Waals surface area contributed by atoms with E-state index in [1.807, 2.05) is 18.2 Å². The van der Waals surface area contributed by atoms with Gasteiger partial charge in [0, 0.05) is 17.7 Å². The molecule has 0 aliphatic carbocycles. The summed E-state index contributed by atoms with van der Waals surface area (Å²) in [6, 6.07) is 8.01. The standard InChI is InChI=1S/C13H18N4S/c1-3-17(4-2)9-10-18-13-11-7-5-6-8-12(11)14-16-15-13/h5-8H,3-4,9-10H2,1-2H3. The third kappa shape index (κ3) is 3.17. The third-order valence-corrected chi connectivity index (χ3v) is 3.92. The average Bonchev–Trinajstić information content (AvgIpc) is 2.44. The van der Waals surface area contributed by atoms with Crippen LogP contribution in [-0.2, 0) is 0 Å². The molecular formula is C13H18N4S. The summed E-state index contributed by atoms with van der Waals surface area (Å²) in [6.45, 7) is 7.65. The summed E-state index contributed by atoms with van der Waals surface area (Å²) in [6.07, 6.45) is 0. The van der Waals surface area contributed by atoms with Crippen LogP contribution in [0.2, 0.25) is 0 Å². The number of thioether (sulfide) groups is 1. The van der Waals surface area contributed by atoms with E-state index in [0.717, 1.165) is 41.3 Å². The quantitative estimate of drug-likeness (QED) is 0.748. The molecule has 0 unspecified atom stereocenters. The fraction of sp³-hybridized carbons (Fsp3) is 0.462. The molecule has 0 saturated carbocycles. The van der Waals surface area contributed by atoms with Gasteiger partial charge < -0.3 is 4.90 Å². The van der Waals surface area contributed by atoms with Gasteiger partial charge in [0.1, 0.15) is 5.03 Å². The Morgan fingerprint density at radius 1 is 1.11 bits per heavy atom. The van der Waals surface area contributed by atoms with E-state index in [2.05, 4.69) is 40.2 Å². The second-order valence-electron chi connectivity index (χ2n) is 3.99. The summed E-state index contributed by atoms with van der Waals surface area (Å²) >= 11 is 1.75. The van der Waals surface area contributed by atoms with Crippen LogP contribution >= 0.6 is 11.8 Å². The summed E-state index contributed by atoms with van der Waals surface area (Å²) in [5.74, 6) is 1.03. The molecule has 1 aromatic heterocycles. The van der Waals surface area contributed by atoms with Gasteiger partial charge in [0.25, 0.3) is 0 Å². The van der Waals surface area contributed by atoms with Crippen LogP contribution in [0.15, 0.2) is 29.3 Å². The van der Waals surface area contributed by atoms with E-state index in [-0.39, 0.29) is 0 Å². The highest BCUT2D eigenvalue weighted by molar-refractivity contribution is 7.99. The number of hydrogen-bond donors (Lipinski definition) is 0. The lowest BCUT2D eigenvalue weighted by Gasteiger charge is -2.17. The second kappa shape index (κ2) is 6.66. The van der Waals surface area contributed by atoms with Crippen molar-refractivity contribution >= 4 is 22.7 Å². The lowest BCUT2D eigenvalue weighted by atomic mass is 10.2. The zero-order chi connectivity index (χ0) is 12.8. The van der Waals surface area contributed by atoms with Gasteiger partial charge in [0.05, 0.1) is 5.52 Å². The van der Waals surface area contributed by atoms with E-state index in [1.165, 1.54) is 0 Å². The van der Waals surface area contributed by atoms with E-state index in [4.69, 9.17) is 0 Å². The fourth-order valence-corrected chi connectivity index (χ4v) is 2.79. The maximum Gasteiger partial charge on any atom is 0.130 e. The zero-order valence-electron chi connectivity index (χ0n) is 10.8. The van der Waals surface area contributed by atoms with Gasteiger partial charge in [-0.25, -0.2) is 0 Å². The normalized spacial score (nSPS) is 11.3. The molecule has 0 spiro atoms. The van der Waals surface area contributed by atoms with Crippen molar-refractivity contribution in [2.75, 3.05) is 25.4 Å². The van der Waals surface area contributed by atoms with Crippen LogP contribution in [-0.4, -0.2) is 45.7 Å². The summed E-state index contributed by atoms with van der Waals surface area (Å²) in [5.41, 5.74) is 0.915. The minimum absolute atomic E-state index is 0.915. The number of fused-ring (bicyclic) bond motifs is 1. The lowest BCUT2D eigenvalue weighted by molar-refractivity contribution is 0.324. The first-order chi connectivity index (χ1) is 8.85. The van der Waals surface area contributed by atoms with Gasteiger partial charge in [-0.1, -0.05) is 26.0 Å². The van der Waals surface area contributed by atoms with Gasteiger partial charge in [0.2, 0.25) is 0 Å². The van der Waals surface area contributed by atoms with Gasteiger partial charge in [-0.15, -0.1) is 22.0 Å². The van der Waals surface area contributed by atoms with Crippen molar-refractivity contribution < 1.29 is 0 Å². The highest BCUT2D eigenvalue weighted by Gasteiger charge is 2.05. The molecule has 0 radical (unpaired) electrons. The first-order valence-electron chi connectivity index (χ1n) is 6.28. The predicted molar refractivity (Wildman–Crippen MR) is 75.8 cm³/mol. The Hall–Kier alpha value is -1.20. The van der Waals surface area contributed by atoms with Crippen LogP contribution in [0.4, 0.5) is 0 Å². The Bertz CT molecular complexity index is 494. The fourth-order valence-electron chi connectivity index (χ4n) is 1.82. The molecule has 4 nitrogen and oxygen atoms in total. The second-order valence-corrected chi connectivity index (χ2v) is 5.07. The zero-order valence-corrected chi connectivity index (χ0v) is 11.7. The summed E-state index contributed by atoms with van der Waals surface area (Å²) in [4.78, 5) is 2.41. The highest BCUT2D eigenvalue weighted by atomic mass is 32.2. The molecule has 0 aliphatic rings. The molecule has 0 atom stereocenters. The number of benzene rings is 1. The Labute approximate surface area is 112 Å². The molecule has 0 N–H and O–H groups in total. The van der Waals surface area contributed by atoms with Crippen LogP contribution in [0, 0.1) is 0 Å². The van der Waals surface area contributed by atoms with Crippen molar-refractivity contribution in [1.82, 2.24) is 20.3 Å². The molecule has 0 aliphatic heterocycles. The first-order valence-corrected chi connectivity index (χ1v) is 7.27. The molecule has 0 bridgehead atoms. The largest absolute Gasteiger partial charge is 0.303 e. The maximum atomic E-state index is 4.14. The molecule has 96 valence electrons. The Balaban J connectivity index is 2.03. The van der Waals surface area contributed by atoms with Crippen molar-refractivity contribution in [3.05, 3.63) is 24.3 Å². The molecule has 18 heavy (non-hydrogen) atoms. The van der Waals surface area contributed by atoms with Gasteiger partial charge in [-0.05, 0) is 30.4 Å². The highest BCUT2D eigenvalue weighted by Crippen LogP contribution is 2.23. The topological polar surface area (TPSA) is 41.9 Å². The monoisotopic (exact) mass is 262 g/mol. The van der Waals surface area contributed by atoms with E-state index >= 15 is 0 Å². The van der Waals surface area contributed by atoms with E-state index in [1.54, 1.807) is 11.8 Å². The molecule has 5 heteroatoms. The summed E-state index contributed by atoms with van der Waals surface area (Å²) in [7, 11) is 0. The minimum Gasteiger partial charge on any atom is -0.303 e. The molecule has 0 saturated heterocycles. The van der Waals surface area contributed by atoms with E-state index < -0.39 is 0 Å². The Morgan fingerprint density at radius 2 is 1.89 bits per heavy atom. The number of rotatable bonds is 6. The van der Waals surface area contributed by atoms with Gasteiger partial charge in [0.15, 0.2) is 0 Å². The van der Waals surface area contributed by atoms with Crippen molar-refractivity contribution in [2.24, 2.45) is 0 Å². The average molecular weight is 262 g/mol. The van der Waals surface area contributed by atoms with Crippen LogP contribution < -0.4 is 0 Å². The van der Waals surface area contributed by atoms with Gasteiger partial charge >= 0.3 is 0 Å². The molecular weight excluding hydrogens is 244 g/mol. The van der Waals surface area contributed by atoms with Crippen LogP contribution in [0.3, 0.4) is 0 Å². The Kier molecular flexibility index (Phi) is 4.90. The maximum absolute atomic E-state index is 4.14. The van der Waals surface area contributed by atoms with Crippen molar-refractivity contribution in [3.8, 4) is 0 Å². The van der Waals surface area contributed by atoms with Crippen LogP contribution in [0.1, 0.15) is 13.8 Å². The third-order valence-electron chi connectivity index (χ3n) is 2.96. The van der Waals surface area contributed by atoms with Gasteiger partial charge in [-0.2, -0.15) is 0 Å². The van der Waals surface area contributed by atoms with Crippen molar-refractivity contribution in [2.45, 2.75) is 18.9 Å². The molecule has 2 aromatic rings. The van der Waals surface area contributed by atoms with E-state index in [9.17, 15) is 0 Å². The minimum atomic E-state index is 0.915. The molecule has 1 heterocycles. The van der Waals surface area contributed by atoms with E-state index in [0.29, 0.717) is 0 Å². The first kappa shape index (κ1) is 13.2.